The van der Waals surface area contributed by atoms with Crippen molar-refractivity contribution in [3.63, 3.8) is 0 Å². The van der Waals surface area contributed by atoms with Crippen molar-refractivity contribution in [2.75, 3.05) is 7.11 Å². The second-order valence-corrected chi connectivity index (χ2v) is 7.14. The molecule has 1 saturated carbocycles. The van der Waals surface area contributed by atoms with Crippen molar-refractivity contribution in [3.8, 4) is 16.9 Å². The molecule has 27 heavy (non-hydrogen) atoms. The van der Waals surface area contributed by atoms with Crippen LogP contribution >= 0.6 is 0 Å². The van der Waals surface area contributed by atoms with Crippen molar-refractivity contribution in [2.45, 2.75) is 45.7 Å². The Kier molecular flexibility index (Phi) is 5.49. The first kappa shape index (κ1) is 19.0. The number of benzene rings is 2. The van der Waals surface area contributed by atoms with Gasteiger partial charge in [-0.15, -0.1) is 0 Å². The molecule has 5 heteroatoms. The Morgan fingerprint density at radius 3 is 2.48 bits per heavy atom. The van der Waals surface area contributed by atoms with Gasteiger partial charge in [-0.2, -0.15) is 0 Å². The van der Waals surface area contributed by atoms with E-state index in [9.17, 15) is 9.59 Å². The van der Waals surface area contributed by atoms with Crippen LogP contribution in [0.2, 0.25) is 0 Å². The summed E-state index contributed by atoms with van der Waals surface area (Å²) in [5.74, 6) is -0.0988. The number of nitrogens with zero attached hydrogens (tertiary/aromatic N) is 1. The molecule has 142 valence electrons. The zero-order chi connectivity index (χ0) is 19.6. The maximum absolute atomic E-state index is 12.1. The van der Waals surface area contributed by atoms with E-state index < -0.39 is 5.97 Å². The van der Waals surface area contributed by atoms with Crippen molar-refractivity contribution >= 4 is 11.9 Å². The Morgan fingerprint density at radius 2 is 1.89 bits per heavy atom. The summed E-state index contributed by atoms with van der Waals surface area (Å²) in [6, 6.07) is 11.9. The summed E-state index contributed by atoms with van der Waals surface area (Å²) < 4.78 is 5.53. The highest BCUT2D eigenvalue weighted by Crippen LogP contribution is 2.36. The molecule has 0 aromatic heterocycles. The van der Waals surface area contributed by atoms with Crippen molar-refractivity contribution < 1.29 is 19.4 Å². The number of aliphatic carboxylic acids is 1. The van der Waals surface area contributed by atoms with Gasteiger partial charge in [0.05, 0.1) is 13.5 Å². The fourth-order valence-corrected chi connectivity index (χ4v) is 3.43. The number of hydrogen-bond acceptors (Lipinski definition) is 3. The van der Waals surface area contributed by atoms with Crippen molar-refractivity contribution in [3.05, 3.63) is 53.1 Å². The summed E-state index contributed by atoms with van der Waals surface area (Å²) in [7, 11) is 1.61. The predicted octanol–water partition coefficient (Wildman–Crippen LogP) is 3.81. The fourth-order valence-electron chi connectivity index (χ4n) is 3.43. The molecular weight excluding hydrogens is 342 g/mol. The molecular formula is C22H25NO4. The van der Waals surface area contributed by atoms with Gasteiger partial charge >= 0.3 is 5.97 Å². The van der Waals surface area contributed by atoms with Gasteiger partial charge < -0.3 is 14.7 Å². The molecule has 1 aliphatic rings. The first-order chi connectivity index (χ1) is 12.9. The smallest absolute Gasteiger partial charge is 0.307 e. The van der Waals surface area contributed by atoms with Gasteiger partial charge in [0.1, 0.15) is 5.75 Å². The van der Waals surface area contributed by atoms with Gasteiger partial charge in [-0.1, -0.05) is 29.8 Å². The Morgan fingerprint density at radius 1 is 1.15 bits per heavy atom. The molecule has 3 rings (SSSR count). The minimum absolute atomic E-state index is 0.0418. The standard InChI is InChI=1S/C22H25NO4/c1-14-4-8-19(17(10-14)13-23(15(2)24)18-6-7-18)20-11-16(12-22(25)26)5-9-21(20)27-3/h4-5,8-11,18H,6-7,12-13H2,1-3H3,(H,25,26). The molecule has 0 aliphatic heterocycles. The minimum Gasteiger partial charge on any atom is -0.496 e. The fraction of sp³-hybridized carbons (Fsp3) is 0.364. The van der Waals surface area contributed by atoms with E-state index in [2.05, 4.69) is 6.07 Å². The van der Waals surface area contributed by atoms with Crippen molar-refractivity contribution in [1.29, 1.82) is 0 Å². The van der Waals surface area contributed by atoms with Crippen LogP contribution in [0.15, 0.2) is 36.4 Å². The zero-order valence-electron chi connectivity index (χ0n) is 16.0. The highest BCUT2D eigenvalue weighted by molar-refractivity contribution is 5.78. The van der Waals surface area contributed by atoms with Gasteiger partial charge in [-0.25, -0.2) is 0 Å². The molecule has 0 bridgehead atoms. The van der Waals surface area contributed by atoms with E-state index in [1.807, 2.05) is 30.0 Å². The number of aryl methyl sites for hydroxylation is 1. The van der Waals surface area contributed by atoms with E-state index in [-0.39, 0.29) is 12.3 Å². The Balaban J connectivity index is 2.05. The van der Waals surface area contributed by atoms with Crippen LogP contribution in [0.3, 0.4) is 0 Å². The lowest BCUT2D eigenvalue weighted by atomic mass is 9.94. The number of carboxylic acids is 1. The van der Waals surface area contributed by atoms with E-state index in [0.29, 0.717) is 18.3 Å². The molecule has 0 saturated heterocycles. The van der Waals surface area contributed by atoms with Crippen LogP contribution in [-0.4, -0.2) is 35.0 Å². The molecule has 1 N–H and O–H groups in total. The topological polar surface area (TPSA) is 66.8 Å². The summed E-state index contributed by atoms with van der Waals surface area (Å²) in [5.41, 5.74) is 4.70. The number of carboxylic acid groups (broad SMARTS) is 1. The van der Waals surface area contributed by atoms with Gasteiger partial charge in [0.2, 0.25) is 5.91 Å². The van der Waals surface area contributed by atoms with Crippen molar-refractivity contribution in [1.82, 2.24) is 4.90 Å². The van der Waals surface area contributed by atoms with Gasteiger partial charge in [-0.3, -0.25) is 9.59 Å². The highest BCUT2D eigenvalue weighted by Gasteiger charge is 2.31. The largest absolute Gasteiger partial charge is 0.496 e. The number of methoxy groups -OCH3 is 1. The summed E-state index contributed by atoms with van der Waals surface area (Å²) in [5, 5.41) is 9.12. The third-order valence-corrected chi connectivity index (χ3v) is 4.90. The van der Waals surface area contributed by atoms with Crippen LogP contribution in [0.25, 0.3) is 11.1 Å². The lowest BCUT2D eigenvalue weighted by molar-refractivity contribution is -0.136. The highest BCUT2D eigenvalue weighted by atomic mass is 16.5. The number of amides is 1. The quantitative estimate of drug-likeness (QED) is 0.808. The molecule has 0 atom stereocenters. The zero-order valence-corrected chi connectivity index (χ0v) is 16.0. The third kappa shape index (κ3) is 4.48. The van der Waals surface area contributed by atoms with Crippen LogP contribution in [0, 0.1) is 6.92 Å². The van der Waals surface area contributed by atoms with Crippen LogP contribution in [0.1, 0.15) is 36.5 Å². The van der Waals surface area contributed by atoms with Gasteiger partial charge in [0.15, 0.2) is 0 Å². The third-order valence-electron chi connectivity index (χ3n) is 4.90. The van der Waals surface area contributed by atoms with Crippen LogP contribution in [-0.2, 0) is 22.6 Å². The van der Waals surface area contributed by atoms with Crippen LogP contribution in [0.5, 0.6) is 5.75 Å². The Labute approximate surface area is 159 Å². The predicted molar refractivity (Wildman–Crippen MR) is 104 cm³/mol. The maximum Gasteiger partial charge on any atom is 0.307 e. The van der Waals surface area contributed by atoms with E-state index in [1.165, 1.54) is 0 Å². The first-order valence-corrected chi connectivity index (χ1v) is 9.15. The van der Waals surface area contributed by atoms with E-state index >= 15 is 0 Å². The molecule has 1 amide bonds. The monoisotopic (exact) mass is 367 g/mol. The second kappa shape index (κ2) is 7.82. The van der Waals surface area contributed by atoms with Gasteiger partial charge in [0, 0.05) is 25.1 Å². The summed E-state index contributed by atoms with van der Waals surface area (Å²) >= 11 is 0. The molecule has 0 unspecified atom stereocenters. The normalized spacial score (nSPS) is 13.3. The van der Waals surface area contributed by atoms with Crippen molar-refractivity contribution in [2.24, 2.45) is 0 Å². The number of ether oxygens (including phenoxy) is 1. The lowest BCUT2D eigenvalue weighted by Gasteiger charge is -2.23. The Hall–Kier alpha value is -2.82. The van der Waals surface area contributed by atoms with Crippen LogP contribution in [0.4, 0.5) is 0 Å². The molecule has 1 fully saturated rings. The SMILES string of the molecule is COc1ccc(CC(=O)O)cc1-c1ccc(C)cc1CN(C(C)=O)C1CC1. The Bertz CT molecular complexity index is 871. The average Bonchev–Trinajstić information content (AvgIpc) is 3.44. The van der Waals surface area contributed by atoms with Gasteiger partial charge in [-0.05, 0) is 48.6 Å². The van der Waals surface area contributed by atoms with E-state index in [0.717, 1.165) is 40.7 Å². The molecule has 0 heterocycles. The lowest BCUT2D eigenvalue weighted by Crippen LogP contribution is -2.30. The molecule has 1 aliphatic carbocycles. The second-order valence-electron chi connectivity index (χ2n) is 7.14. The summed E-state index contributed by atoms with van der Waals surface area (Å²) in [6.07, 6.45) is 2.07. The minimum atomic E-state index is -0.869. The molecule has 0 radical (unpaired) electrons. The number of hydrogen-bond donors (Lipinski definition) is 1. The first-order valence-electron chi connectivity index (χ1n) is 9.15. The van der Waals surface area contributed by atoms with E-state index in [4.69, 9.17) is 9.84 Å². The molecule has 2 aromatic carbocycles. The molecule has 2 aromatic rings. The van der Waals surface area contributed by atoms with Crippen LogP contribution < -0.4 is 4.74 Å². The number of rotatable bonds is 7. The maximum atomic E-state index is 12.1. The summed E-state index contributed by atoms with van der Waals surface area (Å²) in [6.45, 7) is 4.19. The average molecular weight is 367 g/mol. The molecule has 5 nitrogen and oxygen atoms in total. The molecule has 0 spiro atoms. The number of carbonyl (C=O) groups is 2. The van der Waals surface area contributed by atoms with Gasteiger partial charge in [0.25, 0.3) is 0 Å². The summed E-state index contributed by atoms with van der Waals surface area (Å²) in [4.78, 5) is 25.1. The number of carbonyl (C=O) groups excluding carboxylic acids is 1. The van der Waals surface area contributed by atoms with E-state index in [1.54, 1.807) is 26.2 Å².